The van der Waals surface area contributed by atoms with Gasteiger partial charge in [0, 0.05) is 19.3 Å². The van der Waals surface area contributed by atoms with E-state index in [1.807, 2.05) is 30.3 Å². The van der Waals surface area contributed by atoms with Crippen LogP contribution in [0.4, 0.5) is 4.79 Å². The first kappa shape index (κ1) is 26.1. The molecule has 0 aliphatic carbocycles. The van der Waals surface area contributed by atoms with E-state index in [9.17, 15) is 19.2 Å². The Labute approximate surface area is 184 Å². The fraction of sp³-hybridized carbons (Fsp3) is 0.565. The Morgan fingerprint density at radius 3 is 2.10 bits per heavy atom. The Hall–Kier alpha value is -2.90. The topological polar surface area (TPSA) is 111 Å². The third kappa shape index (κ3) is 10.1. The maximum atomic E-state index is 12.6. The Morgan fingerprint density at radius 1 is 0.968 bits per heavy atom. The number of nitrogens with one attached hydrogen (secondary N) is 2. The van der Waals surface area contributed by atoms with Gasteiger partial charge in [0.2, 0.25) is 5.91 Å². The molecule has 0 saturated heterocycles. The third-order valence-electron chi connectivity index (χ3n) is 4.39. The number of esters is 1. The van der Waals surface area contributed by atoms with E-state index >= 15 is 0 Å². The molecule has 2 atom stereocenters. The summed E-state index contributed by atoms with van der Waals surface area (Å²) >= 11 is 0. The Kier molecular flexibility index (Phi) is 10.2. The van der Waals surface area contributed by atoms with Crippen molar-refractivity contribution < 1.29 is 28.7 Å². The number of alkyl carbamates (subject to hydrolysis) is 1. The predicted molar refractivity (Wildman–Crippen MR) is 116 cm³/mol. The molecule has 1 aromatic rings. The number of hydrogen-bond donors (Lipinski definition) is 2. The second-order valence-electron chi connectivity index (χ2n) is 8.67. The first-order valence-corrected chi connectivity index (χ1v) is 10.4. The van der Waals surface area contributed by atoms with Crippen molar-refractivity contribution in [2.45, 2.75) is 71.6 Å². The van der Waals surface area contributed by atoms with Crippen LogP contribution in [0.1, 0.15) is 53.0 Å². The molecule has 8 heteroatoms. The van der Waals surface area contributed by atoms with Crippen molar-refractivity contribution in [1.29, 1.82) is 0 Å². The molecular formula is C23H34N2O6. The summed E-state index contributed by atoms with van der Waals surface area (Å²) in [6.07, 6.45) is -0.593. The molecular weight excluding hydrogens is 400 g/mol. The van der Waals surface area contributed by atoms with Gasteiger partial charge in [-0.2, -0.15) is 0 Å². The van der Waals surface area contributed by atoms with Gasteiger partial charge in [-0.25, -0.2) is 9.59 Å². The Balaban J connectivity index is 2.66. The summed E-state index contributed by atoms with van der Waals surface area (Å²) in [6, 6.07) is 7.61. The molecule has 0 radical (unpaired) electrons. The number of rotatable bonds is 10. The molecule has 1 unspecified atom stereocenters. The highest BCUT2D eigenvalue weighted by atomic mass is 16.6. The molecule has 8 nitrogen and oxygen atoms in total. The van der Waals surface area contributed by atoms with Gasteiger partial charge in [-0.15, -0.1) is 0 Å². The predicted octanol–water partition coefficient (Wildman–Crippen LogP) is 2.79. The van der Waals surface area contributed by atoms with Crippen LogP contribution in [0.3, 0.4) is 0 Å². The molecule has 0 fully saturated rings. The molecule has 31 heavy (non-hydrogen) atoms. The SMILES string of the molecule is COC(=O)C(Cc1ccccc1)NC(=O)CCC(=O)[C@@H](NC(=O)OC(C)(C)C)C(C)C. The van der Waals surface area contributed by atoms with Gasteiger partial charge in [-0.05, 0) is 32.3 Å². The number of ether oxygens (including phenoxy) is 2. The molecule has 172 valence electrons. The van der Waals surface area contributed by atoms with Crippen LogP contribution < -0.4 is 10.6 Å². The van der Waals surface area contributed by atoms with Crippen LogP contribution in [0.25, 0.3) is 0 Å². The minimum atomic E-state index is -0.851. The maximum absolute atomic E-state index is 12.6. The van der Waals surface area contributed by atoms with Crippen molar-refractivity contribution in [3.63, 3.8) is 0 Å². The summed E-state index contributed by atoms with van der Waals surface area (Å²) in [5, 5.41) is 5.21. The summed E-state index contributed by atoms with van der Waals surface area (Å²) in [5.74, 6) is -1.47. The number of carbonyl (C=O) groups is 4. The summed E-state index contributed by atoms with van der Waals surface area (Å²) < 4.78 is 9.99. The molecule has 2 amide bonds. The van der Waals surface area contributed by atoms with Crippen molar-refractivity contribution in [2.75, 3.05) is 7.11 Å². The van der Waals surface area contributed by atoms with Crippen molar-refractivity contribution >= 4 is 23.8 Å². The lowest BCUT2D eigenvalue weighted by molar-refractivity contribution is -0.145. The van der Waals surface area contributed by atoms with Gasteiger partial charge in [0.05, 0.1) is 13.2 Å². The number of methoxy groups -OCH3 is 1. The monoisotopic (exact) mass is 434 g/mol. The van der Waals surface area contributed by atoms with Crippen LogP contribution in [0.5, 0.6) is 0 Å². The van der Waals surface area contributed by atoms with Crippen LogP contribution in [-0.2, 0) is 30.3 Å². The standard InChI is InChI=1S/C23H34N2O6/c1-15(2)20(25-22(29)31-23(3,4)5)18(26)12-13-19(27)24-17(21(28)30-6)14-16-10-8-7-9-11-16/h7-11,15,17,20H,12-14H2,1-6H3,(H,24,27)(H,25,29)/t17?,20-/m0/s1. The average molecular weight is 435 g/mol. The summed E-state index contributed by atoms with van der Waals surface area (Å²) in [6.45, 7) is 8.79. The van der Waals surface area contributed by atoms with Crippen molar-refractivity contribution in [3.8, 4) is 0 Å². The minimum Gasteiger partial charge on any atom is -0.467 e. The van der Waals surface area contributed by atoms with E-state index < -0.39 is 35.7 Å². The highest BCUT2D eigenvalue weighted by Gasteiger charge is 2.28. The fourth-order valence-electron chi connectivity index (χ4n) is 2.90. The van der Waals surface area contributed by atoms with Crippen molar-refractivity contribution in [1.82, 2.24) is 10.6 Å². The Bertz CT molecular complexity index is 755. The van der Waals surface area contributed by atoms with Crippen LogP contribution >= 0.6 is 0 Å². The number of Topliss-reactive ketones (excluding diaryl/α,β-unsaturated/α-hetero) is 1. The molecule has 0 spiro atoms. The maximum Gasteiger partial charge on any atom is 0.408 e. The van der Waals surface area contributed by atoms with Crippen LogP contribution in [0.15, 0.2) is 30.3 Å². The normalized spacial score (nSPS) is 13.1. The molecule has 2 N–H and O–H groups in total. The van der Waals surface area contributed by atoms with E-state index in [4.69, 9.17) is 9.47 Å². The lowest BCUT2D eigenvalue weighted by atomic mass is 9.97. The average Bonchev–Trinajstić information content (AvgIpc) is 2.68. The van der Waals surface area contributed by atoms with Gasteiger partial charge < -0.3 is 20.1 Å². The Morgan fingerprint density at radius 2 is 1.58 bits per heavy atom. The number of carbonyl (C=O) groups excluding carboxylic acids is 4. The van der Waals surface area contributed by atoms with E-state index in [0.29, 0.717) is 0 Å². The number of benzene rings is 1. The highest BCUT2D eigenvalue weighted by molar-refractivity contribution is 5.91. The van der Waals surface area contributed by atoms with Crippen LogP contribution in [-0.4, -0.2) is 48.5 Å². The van der Waals surface area contributed by atoms with E-state index in [1.54, 1.807) is 34.6 Å². The second kappa shape index (κ2) is 12.1. The van der Waals surface area contributed by atoms with Gasteiger partial charge in [-0.1, -0.05) is 44.2 Å². The van der Waals surface area contributed by atoms with E-state index in [0.717, 1.165) is 5.56 Å². The van der Waals surface area contributed by atoms with E-state index in [-0.39, 0.29) is 31.0 Å². The van der Waals surface area contributed by atoms with Crippen molar-refractivity contribution in [3.05, 3.63) is 35.9 Å². The van der Waals surface area contributed by atoms with Crippen LogP contribution in [0.2, 0.25) is 0 Å². The summed E-state index contributed by atoms with van der Waals surface area (Å²) in [4.78, 5) is 49.1. The zero-order chi connectivity index (χ0) is 23.6. The van der Waals surface area contributed by atoms with E-state index in [1.165, 1.54) is 7.11 Å². The van der Waals surface area contributed by atoms with Gasteiger partial charge >= 0.3 is 12.1 Å². The minimum absolute atomic E-state index is 0.0797. The zero-order valence-corrected chi connectivity index (χ0v) is 19.2. The van der Waals surface area contributed by atoms with E-state index in [2.05, 4.69) is 10.6 Å². The number of ketones is 1. The third-order valence-corrected chi connectivity index (χ3v) is 4.39. The molecule has 1 rings (SSSR count). The molecule has 0 saturated carbocycles. The lowest BCUT2D eigenvalue weighted by Crippen LogP contribution is -2.47. The highest BCUT2D eigenvalue weighted by Crippen LogP contribution is 2.11. The summed E-state index contributed by atoms with van der Waals surface area (Å²) in [5.41, 5.74) is 0.187. The smallest absolute Gasteiger partial charge is 0.408 e. The van der Waals surface area contributed by atoms with Gasteiger partial charge in [0.15, 0.2) is 5.78 Å². The van der Waals surface area contributed by atoms with Gasteiger partial charge in [-0.3, -0.25) is 9.59 Å². The lowest BCUT2D eigenvalue weighted by Gasteiger charge is -2.25. The first-order chi connectivity index (χ1) is 14.4. The first-order valence-electron chi connectivity index (χ1n) is 10.4. The molecule has 0 aromatic heterocycles. The second-order valence-corrected chi connectivity index (χ2v) is 8.67. The molecule has 1 aromatic carbocycles. The molecule has 0 heterocycles. The van der Waals surface area contributed by atoms with Crippen LogP contribution in [0, 0.1) is 5.92 Å². The van der Waals surface area contributed by atoms with Gasteiger partial charge in [0.1, 0.15) is 11.6 Å². The molecule has 0 aliphatic heterocycles. The summed E-state index contributed by atoms with van der Waals surface area (Å²) in [7, 11) is 1.26. The largest absolute Gasteiger partial charge is 0.467 e. The van der Waals surface area contributed by atoms with Crippen molar-refractivity contribution in [2.24, 2.45) is 5.92 Å². The molecule has 0 bridgehead atoms. The molecule has 0 aliphatic rings. The van der Waals surface area contributed by atoms with Gasteiger partial charge in [0.25, 0.3) is 0 Å². The quantitative estimate of drug-likeness (QED) is 0.548. The number of amides is 2. The zero-order valence-electron chi connectivity index (χ0n) is 19.2. The fourth-order valence-corrected chi connectivity index (χ4v) is 2.90. The number of hydrogen-bond acceptors (Lipinski definition) is 6.